The standard InChI is InChI=1S/C18H14FNO3/c1-10-5-7-11(8-6-10)16(21)14-15(20-18(23)17(14)22)12-3-2-4-13(19)9-12/h2-9,15,21H,1H3,(H,20,23). The Hall–Kier alpha value is -2.95. The van der Waals surface area contributed by atoms with Crippen molar-refractivity contribution < 1.29 is 19.1 Å². The lowest BCUT2D eigenvalue weighted by Crippen LogP contribution is -2.21. The van der Waals surface area contributed by atoms with Crippen LogP contribution in [0.4, 0.5) is 4.39 Å². The lowest BCUT2D eigenvalue weighted by Gasteiger charge is -2.13. The molecular weight excluding hydrogens is 297 g/mol. The summed E-state index contributed by atoms with van der Waals surface area (Å²) in [6.45, 7) is 1.90. The number of carbonyl (C=O) groups excluding carboxylic acids is 2. The smallest absolute Gasteiger partial charge is 0.293 e. The van der Waals surface area contributed by atoms with E-state index in [0.717, 1.165) is 5.56 Å². The van der Waals surface area contributed by atoms with Crippen molar-refractivity contribution in [2.45, 2.75) is 13.0 Å². The average molecular weight is 311 g/mol. The minimum absolute atomic E-state index is 0.0653. The van der Waals surface area contributed by atoms with Gasteiger partial charge in [-0.25, -0.2) is 4.39 Å². The molecule has 2 aromatic carbocycles. The first-order valence-corrected chi connectivity index (χ1v) is 7.08. The number of ketones is 1. The molecule has 1 atom stereocenters. The highest BCUT2D eigenvalue weighted by molar-refractivity contribution is 6.46. The number of aliphatic hydroxyl groups is 1. The molecule has 2 aromatic rings. The van der Waals surface area contributed by atoms with Crippen LogP contribution in [-0.2, 0) is 9.59 Å². The van der Waals surface area contributed by atoms with Crippen LogP contribution in [-0.4, -0.2) is 16.8 Å². The highest BCUT2D eigenvalue weighted by atomic mass is 19.1. The van der Waals surface area contributed by atoms with Crippen LogP contribution < -0.4 is 5.32 Å². The van der Waals surface area contributed by atoms with E-state index in [2.05, 4.69) is 5.32 Å². The molecule has 0 radical (unpaired) electrons. The Balaban J connectivity index is 2.12. The summed E-state index contributed by atoms with van der Waals surface area (Å²) in [5, 5.41) is 13.0. The van der Waals surface area contributed by atoms with Crippen LogP contribution in [0.3, 0.4) is 0 Å². The predicted octanol–water partition coefficient (Wildman–Crippen LogP) is 2.84. The van der Waals surface area contributed by atoms with Crippen molar-refractivity contribution in [1.29, 1.82) is 0 Å². The molecule has 0 aliphatic carbocycles. The number of amides is 1. The van der Waals surface area contributed by atoms with E-state index in [9.17, 15) is 19.1 Å². The highest BCUT2D eigenvalue weighted by Gasteiger charge is 2.39. The fraction of sp³-hybridized carbons (Fsp3) is 0.111. The van der Waals surface area contributed by atoms with Gasteiger partial charge in [-0.05, 0) is 24.6 Å². The fourth-order valence-corrected chi connectivity index (χ4v) is 2.57. The number of Topliss-reactive ketones (excluding diaryl/α,β-unsaturated/α-hetero) is 1. The normalized spacial score (nSPS) is 19.7. The van der Waals surface area contributed by atoms with Gasteiger partial charge in [0.2, 0.25) is 0 Å². The van der Waals surface area contributed by atoms with E-state index in [0.29, 0.717) is 11.1 Å². The van der Waals surface area contributed by atoms with Gasteiger partial charge in [-0.3, -0.25) is 9.59 Å². The van der Waals surface area contributed by atoms with Gasteiger partial charge in [-0.1, -0.05) is 42.0 Å². The Kier molecular flexibility index (Phi) is 3.70. The molecule has 1 unspecified atom stereocenters. The molecule has 5 heteroatoms. The maximum Gasteiger partial charge on any atom is 0.293 e. The van der Waals surface area contributed by atoms with Crippen LogP contribution in [0.1, 0.15) is 22.7 Å². The lowest BCUT2D eigenvalue weighted by atomic mass is 9.95. The van der Waals surface area contributed by atoms with Gasteiger partial charge >= 0.3 is 0 Å². The van der Waals surface area contributed by atoms with Gasteiger partial charge in [-0.2, -0.15) is 0 Å². The van der Waals surface area contributed by atoms with E-state index in [1.807, 2.05) is 6.92 Å². The maximum absolute atomic E-state index is 13.4. The zero-order valence-corrected chi connectivity index (χ0v) is 12.3. The molecule has 3 rings (SSSR count). The van der Waals surface area contributed by atoms with Gasteiger partial charge in [0, 0.05) is 5.56 Å². The van der Waals surface area contributed by atoms with E-state index in [1.54, 1.807) is 30.3 Å². The molecule has 0 bridgehead atoms. The van der Waals surface area contributed by atoms with Crippen LogP contribution in [0.2, 0.25) is 0 Å². The number of benzene rings is 2. The summed E-state index contributed by atoms with van der Waals surface area (Å²) in [6, 6.07) is 11.6. The highest BCUT2D eigenvalue weighted by Crippen LogP contribution is 2.33. The van der Waals surface area contributed by atoms with Gasteiger partial charge in [0.15, 0.2) is 0 Å². The molecule has 1 fully saturated rings. The van der Waals surface area contributed by atoms with Gasteiger partial charge in [0.25, 0.3) is 11.7 Å². The van der Waals surface area contributed by atoms with Crippen LogP contribution in [0.25, 0.3) is 5.76 Å². The summed E-state index contributed by atoms with van der Waals surface area (Å²) in [7, 11) is 0. The van der Waals surface area contributed by atoms with E-state index < -0.39 is 23.5 Å². The first-order valence-electron chi connectivity index (χ1n) is 7.08. The number of aryl methyl sites for hydroxylation is 1. The fourth-order valence-electron chi connectivity index (χ4n) is 2.57. The molecule has 1 aliphatic rings. The summed E-state index contributed by atoms with van der Waals surface area (Å²) in [5.41, 5.74) is 1.76. The number of hydrogen-bond acceptors (Lipinski definition) is 3. The predicted molar refractivity (Wildman–Crippen MR) is 83.0 cm³/mol. The molecule has 1 amide bonds. The molecule has 4 nitrogen and oxygen atoms in total. The van der Waals surface area contributed by atoms with Crippen molar-refractivity contribution >= 4 is 17.4 Å². The van der Waals surface area contributed by atoms with Crippen LogP contribution in [0, 0.1) is 12.7 Å². The average Bonchev–Trinajstić information content (AvgIpc) is 2.83. The third-order valence-electron chi connectivity index (χ3n) is 3.78. The van der Waals surface area contributed by atoms with Crippen LogP contribution >= 0.6 is 0 Å². The molecule has 116 valence electrons. The second-order valence-electron chi connectivity index (χ2n) is 5.42. The number of nitrogens with one attached hydrogen (secondary N) is 1. The minimum Gasteiger partial charge on any atom is -0.507 e. The maximum atomic E-state index is 13.4. The summed E-state index contributed by atoms with van der Waals surface area (Å²) in [6.07, 6.45) is 0. The summed E-state index contributed by atoms with van der Waals surface area (Å²) in [5.74, 6) is -2.38. The van der Waals surface area contributed by atoms with E-state index in [-0.39, 0.29) is 11.3 Å². The Bertz CT molecular complexity index is 824. The summed E-state index contributed by atoms with van der Waals surface area (Å²) < 4.78 is 13.4. The second kappa shape index (κ2) is 5.68. The summed E-state index contributed by atoms with van der Waals surface area (Å²) in [4.78, 5) is 23.9. The van der Waals surface area contributed by atoms with Gasteiger partial charge in [0.1, 0.15) is 11.6 Å². The zero-order valence-electron chi connectivity index (χ0n) is 12.3. The Morgan fingerprint density at radius 3 is 2.48 bits per heavy atom. The van der Waals surface area contributed by atoms with Crippen molar-refractivity contribution in [3.05, 3.63) is 76.6 Å². The largest absolute Gasteiger partial charge is 0.507 e. The number of aliphatic hydroxyl groups excluding tert-OH is 1. The monoisotopic (exact) mass is 311 g/mol. The van der Waals surface area contributed by atoms with Crippen molar-refractivity contribution in [2.75, 3.05) is 0 Å². The molecule has 1 heterocycles. The van der Waals surface area contributed by atoms with E-state index in [1.165, 1.54) is 18.2 Å². The Labute approximate surface area is 132 Å². The third kappa shape index (κ3) is 2.73. The van der Waals surface area contributed by atoms with Gasteiger partial charge in [-0.15, -0.1) is 0 Å². The lowest BCUT2D eigenvalue weighted by molar-refractivity contribution is -0.133. The Morgan fingerprint density at radius 2 is 1.83 bits per heavy atom. The number of hydrogen-bond donors (Lipinski definition) is 2. The van der Waals surface area contributed by atoms with Crippen molar-refractivity contribution in [3.63, 3.8) is 0 Å². The quantitative estimate of drug-likeness (QED) is 0.509. The first kappa shape index (κ1) is 15.0. The third-order valence-corrected chi connectivity index (χ3v) is 3.78. The molecule has 1 aliphatic heterocycles. The number of rotatable bonds is 2. The van der Waals surface area contributed by atoms with Crippen molar-refractivity contribution in [3.8, 4) is 0 Å². The molecule has 23 heavy (non-hydrogen) atoms. The van der Waals surface area contributed by atoms with Crippen molar-refractivity contribution in [1.82, 2.24) is 5.32 Å². The van der Waals surface area contributed by atoms with Crippen molar-refractivity contribution in [2.24, 2.45) is 0 Å². The van der Waals surface area contributed by atoms with E-state index >= 15 is 0 Å². The molecular formula is C18H14FNO3. The zero-order chi connectivity index (χ0) is 16.6. The van der Waals surface area contributed by atoms with Gasteiger partial charge in [0.05, 0.1) is 11.6 Å². The molecule has 2 N–H and O–H groups in total. The number of halogens is 1. The first-order chi connectivity index (χ1) is 11.0. The topological polar surface area (TPSA) is 66.4 Å². The molecule has 0 aromatic heterocycles. The van der Waals surface area contributed by atoms with Crippen LogP contribution in [0.15, 0.2) is 54.1 Å². The van der Waals surface area contributed by atoms with Crippen LogP contribution in [0.5, 0.6) is 0 Å². The SMILES string of the molecule is Cc1ccc(C(O)=C2C(=O)C(=O)NC2c2cccc(F)c2)cc1. The summed E-state index contributed by atoms with van der Waals surface area (Å²) >= 11 is 0. The second-order valence-corrected chi connectivity index (χ2v) is 5.42. The molecule has 0 spiro atoms. The molecule has 1 saturated heterocycles. The molecule has 0 saturated carbocycles. The number of carbonyl (C=O) groups is 2. The minimum atomic E-state index is -0.869. The van der Waals surface area contributed by atoms with E-state index in [4.69, 9.17) is 0 Å². The van der Waals surface area contributed by atoms with Gasteiger partial charge < -0.3 is 10.4 Å². The Morgan fingerprint density at radius 1 is 1.13 bits per heavy atom.